The molecule has 3 heterocycles. The van der Waals surface area contributed by atoms with Crippen molar-refractivity contribution in [3.63, 3.8) is 0 Å². The maximum atomic E-state index is 13.9. The standard InChI is InChI=1S/C25H28FN3O2/c1-28-13-18(21-12-19(26)8-9-23(21)28)14-29-15-22(17-5-3-6-20(11-17)31-2)25(16-29)10-4-7-24(30)27-25/h3,5-6,8-9,11-13,22H,4,7,10,14-16H2,1-2H3,(H,27,30)/t22-,25+/m0/s1. The summed E-state index contributed by atoms with van der Waals surface area (Å²) >= 11 is 0. The summed E-state index contributed by atoms with van der Waals surface area (Å²) in [5.74, 6) is 0.927. The van der Waals surface area contributed by atoms with Gasteiger partial charge in [-0.05, 0) is 54.3 Å². The molecule has 31 heavy (non-hydrogen) atoms. The average Bonchev–Trinajstić information content (AvgIpc) is 3.25. The second kappa shape index (κ2) is 7.68. The van der Waals surface area contributed by atoms with Crippen molar-refractivity contribution in [2.24, 2.45) is 7.05 Å². The zero-order valence-corrected chi connectivity index (χ0v) is 18.0. The summed E-state index contributed by atoms with van der Waals surface area (Å²) in [6.07, 6.45) is 4.55. The molecule has 1 spiro atoms. The van der Waals surface area contributed by atoms with Crippen molar-refractivity contribution in [2.45, 2.75) is 37.3 Å². The van der Waals surface area contributed by atoms with E-state index in [1.54, 1.807) is 13.2 Å². The molecule has 0 bridgehead atoms. The van der Waals surface area contributed by atoms with E-state index in [4.69, 9.17) is 4.74 Å². The summed E-state index contributed by atoms with van der Waals surface area (Å²) in [5.41, 5.74) is 3.05. The maximum Gasteiger partial charge on any atom is 0.220 e. The van der Waals surface area contributed by atoms with Crippen LogP contribution in [0, 0.1) is 5.82 Å². The Bertz CT molecular complexity index is 1140. The maximum absolute atomic E-state index is 13.9. The van der Waals surface area contributed by atoms with Crippen molar-refractivity contribution in [2.75, 3.05) is 20.2 Å². The second-order valence-electron chi connectivity index (χ2n) is 8.98. The van der Waals surface area contributed by atoms with E-state index >= 15 is 0 Å². The van der Waals surface area contributed by atoms with Crippen molar-refractivity contribution in [1.82, 2.24) is 14.8 Å². The number of methoxy groups -OCH3 is 1. The summed E-state index contributed by atoms with van der Waals surface area (Å²) in [5, 5.41) is 4.31. The van der Waals surface area contributed by atoms with E-state index in [-0.39, 0.29) is 23.2 Å². The molecule has 6 heteroatoms. The largest absolute Gasteiger partial charge is 0.497 e. The molecule has 1 amide bonds. The fourth-order valence-electron chi connectivity index (χ4n) is 5.57. The van der Waals surface area contributed by atoms with Crippen molar-refractivity contribution in [3.8, 4) is 5.75 Å². The first kappa shape index (κ1) is 20.1. The molecule has 162 valence electrons. The molecule has 2 aliphatic heterocycles. The number of piperidine rings is 1. The Labute approximate surface area is 181 Å². The highest BCUT2D eigenvalue weighted by atomic mass is 19.1. The van der Waals surface area contributed by atoms with E-state index in [1.165, 1.54) is 11.6 Å². The number of hydrogen-bond donors (Lipinski definition) is 1. The third-order valence-corrected chi connectivity index (χ3v) is 6.95. The molecule has 0 saturated carbocycles. The summed E-state index contributed by atoms with van der Waals surface area (Å²) in [6.45, 7) is 2.34. The van der Waals surface area contributed by atoms with Gasteiger partial charge in [0.15, 0.2) is 0 Å². The van der Waals surface area contributed by atoms with E-state index in [9.17, 15) is 9.18 Å². The van der Waals surface area contributed by atoms with Gasteiger partial charge in [0, 0.05) is 56.1 Å². The molecule has 2 aliphatic rings. The van der Waals surface area contributed by atoms with Gasteiger partial charge in [-0.3, -0.25) is 9.69 Å². The predicted octanol–water partition coefficient (Wildman–Crippen LogP) is 3.96. The zero-order valence-electron chi connectivity index (χ0n) is 18.0. The number of rotatable bonds is 4. The lowest BCUT2D eigenvalue weighted by atomic mass is 9.76. The van der Waals surface area contributed by atoms with Crippen molar-refractivity contribution >= 4 is 16.8 Å². The monoisotopic (exact) mass is 421 g/mol. The highest BCUT2D eigenvalue weighted by molar-refractivity contribution is 5.84. The van der Waals surface area contributed by atoms with Gasteiger partial charge in [-0.1, -0.05) is 12.1 Å². The number of benzene rings is 2. The SMILES string of the molecule is COc1cccc([C@@H]2CN(Cc3cn(C)c4ccc(F)cc34)C[C@]23CCCC(=O)N3)c1. The zero-order chi connectivity index (χ0) is 21.6. The van der Waals surface area contributed by atoms with Crippen LogP contribution < -0.4 is 10.1 Å². The van der Waals surface area contributed by atoms with Crippen LogP contribution in [0.5, 0.6) is 5.75 Å². The molecule has 5 rings (SSSR count). The predicted molar refractivity (Wildman–Crippen MR) is 119 cm³/mol. The number of likely N-dealkylation sites (tertiary alicyclic amines) is 1. The van der Waals surface area contributed by atoms with E-state index in [1.807, 2.05) is 25.2 Å². The third kappa shape index (κ3) is 3.59. The number of fused-ring (bicyclic) bond motifs is 1. The number of hydrogen-bond acceptors (Lipinski definition) is 3. The number of aromatic nitrogens is 1. The first-order valence-corrected chi connectivity index (χ1v) is 10.9. The van der Waals surface area contributed by atoms with E-state index in [0.717, 1.165) is 54.7 Å². The van der Waals surface area contributed by atoms with Gasteiger partial charge in [-0.2, -0.15) is 0 Å². The molecular weight excluding hydrogens is 393 g/mol. The molecule has 2 fully saturated rings. The molecule has 0 radical (unpaired) electrons. The van der Waals surface area contributed by atoms with Gasteiger partial charge < -0.3 is 14.6 Å². The minimum absolute atomic E-state index is 0.133. The Morgan fingerprint density at radius 3 is 2.94 bits per heavy atom. The molecule has 0 unspecified atom stereocenters. The van der Waals surface area contributed by atoms with Crippen molar-refractivity contribution in [1.29, 1.82) is 0 Å². The van der Waals surface area contributed by atoms with Crippen LogP contribution in [0.15, 0.2) is 48.7 Å². The Kier molecular flexibility index (Phi) is 4.97. The molecule has 3 aromatic rings. The van der Waals surface area contributed by atoms with Crippen LogP contribution >= 0.6 is 0 Å². The number of ether oxygens (including phenoxy) is 1. The van der Waals surface area contributed by atoms with Crippen molar-refractivity contribution < 1.29 is 13.9 Å². The molecule has 2 atom stereocenters. The number of halogens is 1. The smallest absolute Gasteiger partial charge is 0.220 e. The topological polar surface area (TPSA) is 46.5 Å². The van der Waals surface area contributed by atoms with E-state index < -0.39 is 0 Å². The van der Waals surface area contributed by atoms with Crippen LogP contribution in [-0.2, 0) is 18.4 Å². The average molecular weight is 422 g/mol. The van der Waals surface area contributed by atoms with E-state index in [0.29, 0.717) is 6.42 Å². The van der Waals surface area contributed by atoms with Crippen molar-refractivity contribution in [3.05, 3.63) is 65.6 Å². The first-order valence-electron chi connectivity index (χ1n) is 10.9. The fraction of sp³-hybridized carbons (Fsp3) is 0.400. The van der Waals surface area contributed by atoms with Gasteiger partial charge in [0.2, 0.25) is 5.91 Å². The highest BCUT2D eigenvalue weighted by Crippen LogP contribution is 2.42. The number of carbonyl (C=O) groups is 1. The second-order valence-corrected chi connectivity index (χ2v) is 8.98. The quantitative estimate of drug-likeness (QED) is 0.694. The van der Waals surface area contributed by atoms with Gasteiger partial charge >= 0.3 is 0 Å². The lowest BCUT2D eigenvalue weighted by molar-refractivity contribution is -0.125. The number of amides is 1. The van der Waals surface area contributed by atoms with Gasteiger partial charge in [-0.25, -0.2) is 4.39 Å². The Balaban J connectivity index is 1.49. The van der Waals surface area contributed by atoms with Gasteiger partial charge in [0.05, 0.1) is 12.6 Å². The Morgan fingerprint density at radius 1 is 1.26 bits per heavy atom. The summed E-state index contributed by atoms with van der Waals surface area (Å²) in [7, 11) is 3.67. The molecular formula is C25H28FN3O2. The van der Waals surface area contributed by atoms with Crippen LogP contribution in [-0.4, -0.2) is 41.1 Å². The van der Waals surface area contributed by atoms with Crippen LogP contribution in [0.1, 0.15) is 36.3 Å². The van der Waals surface area contributed by atoms with Gasteiger partial charge in [0.25, 0.3) is 0 Å². The summed E-state index contributed by atoms with van der Waals surface area (Å²) < 4.78 is 21.5. The molecule has 2 saturated heterocycles. The number of carbonyl (C=O) groups excluding carboxylic acids is 1. The molecule has 1 aromatic heterocycles. The Morgan fingerprint density at radius 2 is 2.13 bits per heavy atom. The highest BCUT2D eigenvalue weighted by Gasteiger charge is 2.49. The number of aryl methyl sites for hydroxylation is 1. The summed E-state index contributed by atoms with van der Waals surface area (Å²) in [4.78, 5) is 14.8. The number of nitrogens with zero attached hydrogens (tertiary/aromatic N) is 2. The minimum atomic E-state index is -0.280. The lowest BCUT2D eigenvalue weighted by Crippen LogP contribution is -2.56. The van der Waals surface area contributed by atoms with Crippen LogP contribution in [0.4, 0.5) is 4.39 Å². The molecule has 1 N–H and O–H groups in total. The van der Waals surface area contributed by atoms with Gasteiger partial charge in [-0.15, -0.1) is 0 Å². The number of nitrogens with one attached hydrogen (secondary N) is 1. The third-order valence-electron chi connectivity index (χ3n) is 6.95. The normalized spacial score (nSPS) is 24.1. The molecule has 5 nitrogen and oxygen atoms in total. The summed E-state index contributed by atoms with van der Waals surface area (Å²) in [6, 6.07) is 13.2. The van der Waals surface area contributed by atoms with Crippen LogP contribution in [0.25, 0.3) is 10.9 Å². The molecule has 0 aliphatic carbocycles. The van der Waals surface area contributed by atoms with E-state index in [2.05, 4.69) is 33.1 Å². The van der Waals surface area contributed by atoms with Gasteiger partial charge in [0.1, 0.15) is 11.6 Å². The van der Waals surface area contributed by atoms with Crippen LogP contribution in [0.2, 0.25) is 0 Å². The Hall–Kier alpha value is -2.86. The first-order chi connectivity index (χ1) is 15.0. The fourth-order valence-corrected chi connectivity index (χ4v) is 5.57. The lowest BCUT2D eigenvalue weighted by Gasteiger charge is -2.39. The van der Waals surface area contributed by atoms with Crippen LogP contribution in [0.3, 0.4) is 0 Å². The molecule has 2 aromatic carbocycles. The minimum Gasteiger partial charge on any atom is -0.497 e.